The van der Waals surface area contributed by atoms with Crippen molar-refractivity contribution in [1.29, 1.82) is 0 Å². The number of carbonyl (C=O) groups is 1. The molecule has 1 atom stereocenters. The second-order valence-corrected chi connectivity index (χ2v) is 6.94. The van der Waals surface area contributed by atoms with E-state index in [2.05, 4.69) is 10.4 Å². The standard InChI is InChI=1S/C18H22N2O2S/c1-13-12-23-17(19-13)16-4-3-9-20(10-16)18(21)15-7-5-14(6-8-15)11-22-2/h5-8,12,16H,3-4,9-11H2,1-2H3. The summed E-state index contributed by atoms with van der Waals surface area (Å²) in [6.45, 7) is 4.20. The number of likely N-dealkylation sites (tertiary alicyclic amines) is 1. The second-order valence-electron chi connectivity index (χ2n) is 6.05. The van der Waals surface area contributed by atoms with Crippen LogP contribution in [0.5, 0.6) is 0 Å². The zero-order valence-corrected chi connectivity index (χ0v) is 14.4. The van der Waals surface area contributed by atoms with Crippen LogP contribution in [0.25, 0.3) is 0 Å². The number of hydrogen-bond donors (Lipinski definition) is 0. The number of aromatic nitrogens is 1. The maximum Gasteiger partial charge on any atom is 0.253 e. The molecule has 23 heavy (non-hydrogen) atoms. The summed E-state index contributed by atoms with van der Waals surface area (Å²) < 4.78 is 5.11. The van der Waals surface area contributed by atoms with Crippen molar-refractivity contribution in [3.63, 3.8) is 0 Å². The highest BCUT2D eigenvalue weighted by molar-refractivity contribution is 7.09. The fraction of sp³-hybridized carbons (Fsp3) is 0.444. The number of aryl methyl sites for hydroxylation is 1. The predicted octanol–water partition coefficient (Wildman–Crippen LogP) is 3.62. The molecule has 1 aromatic carbocycles. The van der Waals surface area contributed by atoms with Crippen LogP contribution < -0.4 is 0 Å². The number of nitrogens with zero attached hydrogens (tertiary/aromatic N) is 2. The lowest BCUT2D eigenvalue weighted by molar-refractivity contribution is 0.0707. The molecule has 0 saturated carbocycles. The Balaban J connectivity index is 1.69. The maximum atomic E-state index is 12.7. The zero-order chi connectivity index (χ0) is 16.2. The molecule has 4 nitrogen and oxygen atoms in total. The topological polar surface area (TPSA) is 42.4 Å². The Kier molecular flexibility index (Phi) is 5.08. The van der Waals surface area contributed by atoms with Gasteiger partial charge in [-0.1, -0.05) is 12.1 Å². The van der Waals surface area contributed by atoms with Gasteiger partial charge in [-0.15, -0.1) is 11.3 Å². The van der Waals surface area contributed by atoms with Crippen LogP contribution in [0.4, 0.5) is 0 Å². The zero-order valence-electron chi connectivity index (χ0n) is 13.6. The van der Waals surface area contributed by atoms with Gasteiger partial charge in [0.25, 0.3) is 5.91 Å². The van der Waals surface area contributed by atoms with Gasteiger partial charge in [0.2, 0.25) is 0 Å². The minimum absolute atomic E-state index is 0.118. The minimum atomic E-state index is 0.118. The van der Waals surface area contributed by atoms with E-state index < -0.39 is 0 Å². The Morgan fingerprint density at radius 2 is 2.17 bits per heavy atom. The molecule has 1 saturated heterocycles. The predicted molar refractivity (Wildman–Crippen MR) is 91.9 cm³/mol. The van der Waals surface area contributed by atoms with Crippen molar-refractivity contribution >= 4 is 17.2 Å². The van der Waals surface area contributed by atoms with Gasteiger partial charge in [0.05, 0.1) is 11.6 Å². The van der Waals surface area contributed by atoms with Gasteiger partial charge in [0.1, 0.15) is 0 Å². The van der Waals surface area contributed by atoms with E-state index in [1.165, 1.54) is 0 Å². The van der Waals surface area contributed by atoms with Crippen molar-refractivity contribution in [2.45, 2.75) is 32.3 Å². The molecule has 3 rings (SSSR count). The molecule has 1 aromatic heterocycles. The molecule has 1 amide bonds. The fourth-order valence-corrected chi connectivity index (χ4v) is 3.94. The monoisotopic (exact) mass is 330 g/mol. The van der Waals surface area contributed by atoms with Gasteiger partial charge in [-0.05, 0) is 37.5 Å². The first kappa shape index (κ1) is 16.1. The number of hydrogen-bond acceptors (Lipinski definition) is 4. The van der Waals surface area contributed by atoms with Crippen LogP contribution in [0.2, 0.25) is 0 Å². The number of piperidine rings is 1. The summed E-state index contributed by atoms with van der Waals surface area (Å²) in [4.78, 5) is 19.3. The van der Waals surface area contributed by atoms with Gasteiger partial charge in [-0.3, -0.25) is 4.79 Å². The van der Waals surface area contributed by atoms with Crippen LogP contribution in [0.15, 0.2) is 29.6 Å². The molecule has 2 heterocycles. The number of carbonyl (C=O) groups excluding carboxylic acids is 1. The third kappa shape index (κ3) is 3.79. The van der Waals surface area contributed by atoms with Crippen LogP contribution in [0, 0.1) is 6.92 Å². The van der Waals surface area contributed by atoms with E-state index in [4.69, 9.17) is 4.74 Å². The average Bonchev–Trinajstić information content (AvgIpc) is 3.02. The summed E-state index contributed by atoms with van der Waals surface area (Å²) in [6.07, 6.45) is 2.15. The highest BCUT2D eigenvalue weighted by atomic mass is 32.1. The first-order valence-corrected chi connectivity index (χ1v) is 8.84. The molecule has 1 aliphatic heterocycles. The summed E-state index contributed by atoms with van der Waals surface area (Å²) in [5.41, 5.74) is 2.90. The van der Waals surface area contributed by atoms with Crippen molar-refractivity contribution in [2.75, 3.05) is 20.2 Å². The number of thiazole rings is 1. The van der Waals surface area contributed by atoms with E-state index in [0.717, 1.165) is 47.8 Å². The molecule has 5 heteroatoms. The highest BCUT2D eigenvalue weighted by Gasteiger charge is 2.27. The Bertz CT molecular complexity index is 666. The Labute approximate surface area is 141 Å². The molecule has 2 aromatic rings. The number of rotatable bonds is 4. The quantitative estimate of drug-likeness (QED) is 0.860. The molecule has 1 fully saturated rings. The normalized spacial score (nSPS) is 18.2. The second kappa shape index (κ2) is 7.23. The molecule has 1 aliphatic rings. The lowest BCUT2D eigenvalue weighted by Gasteiger charge is -2.32. The highest BCUT2D eigenvalue weighted by Crippen LogP contribution is 2.29. The first-order valence-electron chi connectivity index (χ1n) is 7.96. The number of methoxy groups -OCH3 is 1. The van der Waals surface area contributed by atoms with E-state index in [0.29, 0.717) is 12.5 Å². The SMILES string of the molecule is COCc1ccc(C(=O)N2CCCC(c3nc(C)cs3)C2)cc1. The summed E-state index contributed by atoms with van der Waals surface area (Å²) in [5.74, 6) is 0.492. The van der Waals surface area contributed by atoms with Gasteiger partial charge >= 0.3 is 0 Å². The summed E-state index contributed by atoms with van der Waals surface area (Å²) >= 11 is 1.71. The summed E-state index contributed by atoms with van der Waals surface area (Å²) in [5, 5.41) is 3.25. The van der Waals surface area contributed by atoms with Crippen LogP contribution in [0.1, 0.15) is 45.4 Å². The van der Waals surface area contributed by atoms with Gasteiger partial charge < -0.3 is 9.64 Å². The van der Waals surface area contributed by atoms with Crippen LogP contribution in [0.3, 0.4) is 0 Å². The van der Waals surface area contributed by atoms with Crippen molar-refractivity contribution in [2.24, 2.45) is 0 Å². The van der Waals surface area contributed by atoms with Gasteiger partial charge in [0.15, 0.2) is 0 Å². The molecule has 0 radical (unpaired) electrons. The lowest BCUT2D eigenvalue weighted by Crippen LogP contribution is -2.39. The van der Waals surface area contributed by atoms with Gasteiger partial charge in [-0.2, -0.15) is 0 Å². The Morgan fingerprint density at radius 1 is 1.39 bits per heavy atom. The molecule has 0 spiro atoms. The van der Waals surface area contributed by atoms with Crippen molar-refractivity contribution < 1.29 is 9.53 Å². The van der Waals surface area contributed by atoms with Crippen molar-refractivity contribution in [3.05, 3.63) is 51.5 Å². The smallest absolute Gasteiger partial charge is 0.253 e. The van der Waals surface area contributed by atoms with Crippen LogP contribution >= 0.6 is 11.3 Å². The molecule has 0 aliphatic carbocycles. The van der Waals surface area contributed by atoms with Crippen LogP contribution in [-0.4, -0.2) is 36.0 Å². The van der Waals surface area contributed by atoms with E-state index in [1.54, 1.807) is 18.4 Å². The maximum absolute atomic E-state index is 12.7. The molecular formula is C18H22N2O2S. The molecule has 122 valence electrons. The molecule has 0 N–H and O–H groups in total. The molecule has 0 bridgehead atoms. The van der Waals surface area contributed by atoms with E-state index >= 15 is 0 Å². The molecular weight excluding hydrogens is 308 g/mol. The lowest BCUT2D eigenvalue weighted by atomic mass is 9.98. The fourth-order valence-electron chi connectivity index (χ4n) is 3.02. The Hall–Kier alpha value is -1.72. The average molecular weight is 330 g/mol. The molecule has 1 unspecified atom stereocenters. The first-order chi connectivity index (χ1) is 11.2. The largest absolute Gasteiger partial charge is 0.380 e. The van der Waals surface area contributed by atoms with Gasteiger partial charge in [-0.25, -0.2) is 4.98 Å². The number of benzene rings is 1. The van der Waals surface area contributed by atoms with Gasteiger partial charge in [0, 0.05) is 42.8 Å². The Morgan fingerprint density at radius 3 is 2.83 bits per heavy atom. The van der Waals surface area contributed by atoms with Crippen molar-refractivity contribution in [3.8, 4) is 0 Å². The summed E-state index contributed by atoms with van der Waals surface area (Å²) in [6, 6.07) is 7.71. The number of ether oxygens (including phenoxy) is 1. The van der Waals surface area contributed by atoms with E-state index in [1.807, 2.05) is 36.1 Å². The third-order valence-electron chi connectivity index (χ3n) is 4.21. The minimum Gasteiger partial charge on any atom is -0.380 e. The van der Waals surface area contributed by atoms with E-state index in [-0.39, 0.29) is 5.91 Å². The summed E-state index contributed by atoms with van der Waals surface area (Å²) in [7, 11) is 1.67. The van der Waals surface area contributed by atoms with E-state index in [9.17, 15) is 4.79 Å². The third-order valence-corrected chi connectivity index (χ3v) is 5.33. The van der Waals surface area contributed by atoms with Crippen molar-refractivity contribution in [1.82, 2.24) is 9.88 Å². The number of amides is 1. The van der Waals surface area contributed by atoms with Crippen LogP contribution in [-0.2, 0) is 11.3 Å².